The van der Waals surface area contributed by atoms with E-state index in [0.717, 1.165) is 70.6 Å². The predicted octanol–water partition coefficient (Wildman–Crippen LogP) is 7.00. The van der Waals surface area contributed by atoms with Crippen molar-refractivity contribution >= 4 is 75.4 Å². The van der Waals surface area contributed by atoms with E-state index in [0.29, 0.717) is 45.5 Å². The second kappa shape index (κ2) is 30.2. The van der Waals surface area contributed by atoms with Crippen LogP contribution in [0.4, 0.5) is 0 Å². The number of ether oxygens (including phenoxy) is 3. The third-order valence-corrected chi connectivity index (χ3v) is 16.2. The van der Waals surface area contributed by atoms with Crippen LogP contribution in [0.1, 0.15) is 103 Å². The summed E-state index contributed by atoms with van der Waals surface area (Å²) in [5.41, 5.74) is 0. The Kier molecular flexibility index (Phi) is 30.3. The fourth-order valence-electron chi connectivity index (χ4n) is 4.81. The molecule has 0 aliphatic carbocycles. The Morgan fingerprint density at radius 2 is 0.844 bits per heavy atom. The molecular weight excluding hydrogens is 743 g/mol. The number of carbonyl (C=O) groups is 3. The van der Waals surface area contributed by atoms with Gasteiger partial charge in [0, 0.05) is 0 Å². The molecule has 0 rings (SSSR count). The Bertz CT molecular complexity index is 680. The number of carbonyl (C=O) groups excluding carboxylic acids is 3. The minimum atomic E-state index is -5.20. The van der Waals surface area contributed by atoms with Crippen LogP contribution in [0.2, 0.25) is 4.44 Å². The van der Waals surface area contributed by atoms with E-state index in [1.807, 2.05) is 0 Å². The van der Waals surface area contributed by atoms with Gasteiger partial charge in [-0.2, -0.15) is 0 Å². The van der Waals surface area contributed by atoms with Crippen molar-refractivity contribution in [2.45, 2.75) is 108 Å². The van der Waals surface area contributed by atoms with E-state index in [4.69, 9.17) is 23.4 Å². The number of thiol groups is 3. The van der Waals surface area contributed by atoms with Gasteiger partial charge in [0.15, 0.2) is 0 Å². The van der Waals surface area contributed by atoms with Gasteiger partial charge in [-0.05, 0) is 0 Å². The molecule has 0 aromatic carbocycles. The van der Waals surface area contributed by atoms with Crippen LogP contribution < -0.4 is 0 Å². The summed E-state index contributed by atoms with van der Waals surface area (Å²) in [5.74, 6) is -2.31. The molecule has 0 aromatic heterocycles. The van der Waals surface area contributed by atoms with Gasteiger partial charge >= 0.3 is 297 Å². The SMILES string of the molecule is CCCCCCC[CH2][Sn]([O]C(=O)C(CS)CCCCOC)([O]C(=O)C(CS)CCCCOC)[O]C(=O)C(CS)CCCCOC. The number of hydrogen-bond acceptors (Lipinski definition) is 12. The van der Waals surface area contributed by atoms with Gasteiger partial charge in [-0.25, -0.2) is 0 Å². The average molecular weight is 806 g/mol. The maximum absolute atomic E-state index is 13.7. The van der Waals surface area contributed by atoms with E-state index in [1.54, 1.807) is 21.3 Å². The van der Waals surface area contributed by atoms with E-state index in [1.165, 1.54) is 0 Å². The number of hydrogen-bond donors (Lipinski definition) is 3. The van der Waals surface area contributed by atoms with Gasteiger partial charge in [0.2, 0.25) is 0 Å². The first kappa shape index (κ1) is 45.1. The Hall–Kier alpha value is 0.139. The van der Waals surface area contributed by atoms with Crippen LogP contribution in [0.15, 0.2) is 0 Å². The quantitative estimate of drug-likeness (QED) is 0.0388. The third kappa shape index (κ3) is 21.7. The molecule has 266 valence electrons. The van der Waals surface area contributed by atoms with Gasteiger partial charge in [0.25, 0.3) is 0 Å². The molecule has 0 amide bonds. The summed E-state index contributed by atoms with van der Waals surface area (Å²) >= 11 is 8.09. The van der Waals surface area contributed by atoms with Crippen molar-refractivity contribution in [2.24, 2.45) is 17.8 Å². The minimum absolute atomic E-state index is 0.249. The van der Waals surface area contributed by atoms with Gasteiger partial charge in [-0.3, -0.25) is 0 Å². The summed E-state index contributed by atoms with van der Waals surface area (Å²) < 4.78 is 34.3. The third-order valence-electron chi connectivity index (χ3n) is 7.72. The van der Waals surface area contributed by atoms with Gasteiger partial charge in [0.05, 0.1) is 0 Å². The summed E-state index contributed by atoms with van der Waals surface area (Å²) in [5, 5.41) is 0. The van der Waals surface area contributed by atoms with Gasteiger partial charge < -0.3 is 0 Å². The van der Waals surface area contributed by atoms with Gasteiger partial charge in [-0.15, -0.1) is 0 Å². The van der Waals surface area contributed by atoms with Crippen molar-refractivity contribution in [1.82, 2.24) is 0 Å². The molecule has 3 unspecified atom stereocenters. The van der Waals surface area contributed by atoms with E-state index in [-0.39, 0.29) is 21.7 Å². The maximum atomic E-state index is 13.7. The van der Waals surface area contributed by atoms with Gasteiger partial charge in [-0.1, -0.05) is 0 Å². The summed E-state index contributed by atoms with van der Waals surface area (Å²) in [7, 11) is 4.93. The summed E-state index contributed by atoms with van der Waals surface area (Å²) in [6.45, 7) is 3.94. The van der Waals surface area contributed by atoms with E-state index in [2.05, 4.69) is 44.8 Å². The van der Waals surface area contributed by atoms with Crippen LogP contribution in [0.25, 0.3) is 0 Å². The Labute approximate surface area is 295 Å². The zero-order valence-electron chi connectivity index (χ0n) is 28.3. The first-order valence-corrected chi connectivity index (χ1v) is 24.2. The molecule has 0 spiro atoms. The normalized spacial score (nSPS) is 14.7. The topological polar surface area (TPSA) is 107 Å². The van der Waals surface area contributed by atoms with E-state index in [9.17, 15) is 14.4 Å². The van der Waals surface area contributed by atoms with Crippen LogP contribution in [-0.4, -0.2) is 95.9 Å². The monoisotopic (exact) mass is 806 g/mol. The average Bonchev–Trinajstić information content (AvgIpc) is 3.02. The van der Waals surface area contributed by atoms with Crippen LogP contribution in [-0.2, 0) is 37.8 Å². The van der Waals surface area contributed by atoms with E-state index >= 15 is 0 Å². The fourth-order valence-corrected chi connectivity index (χ4v) is 13.0. The van der Waals surface area contributed by atoms with Crippen LogP contribution >= 0.6 is 37.9 Å². The molecule has 0 aliphatic heterocycles. The summed E-state index contributed by atoms with van der Waals surface area (Å²) in [6.07, 6.45) is 12.1. The zero-order chi connectivity index (χ0) is 33.8. The predicted molar refractivity (Wildman–Crippen MR) is 191 cm³/mol. The molecule has 0 N–H and O–H groups in total. The Balaban J connectivity index is 6.24. The molecule has 0 aliphatic rings. The number of rotatable bonds is 31. The number of unbranched alkanes of at least 4 members (excludes halogenated alkanes) is 8. The second-order valence-electron chi connectivity index (χ2n) is 11.6. The van der Waals surface area contributed by atoms with Crippen molar-refractivity contribution in [1.29, 1.82) is 0 Å². The standard InChI is InChI=1S/3C8H16O3S.C8H17.Sn/c3*1-11-5-3-2-4-7(6-12)8(9)10;1-3-5-7-8-6-4-2;/h3*7,12H,2-6H2,1H3,(H,9,10);1,3-8H2,2H3;/q;;;;+3/p-3. The number of methoxy groups -OCH3 is 3. The molecule has 13 heteroatoms. The summed E-state index contributed by atoms with van der Waals surface area (Å²) in [4.78, 5) is 41.0. The van der Waals surface area contributed by atoms with Crippen molar-refractivity contribution in [2.75, 3.05) is 58.4 Å². The van der Waals surface area contributed by atoms with Gasteiger partial charge in [0.1, 0.15) is 0 Å². The van der Waals surface area contributed by atoms with E-state index < -0.39 is 55.3 Å². The first-order chi connectivity index (χ1) is 21.8. The van der Waals surface area contributed by atoms with Crippen molar-refractivity contribution in [3.05, 3.63) is 0 Å². The van der Waals surface area contributed by atoms with Crippen LogP contribution in [0, 0.1) is 17.8 Å². The van der Waals surface area contributed by atoms with Crippen molar-refractivity contribution in [3.63, 3.8) is 0 Å². The molecule has 0 saturated heterocycles. The molecule has 0 saturated carbocycles. The first-order valence-electron chi connectivity index (χ1n) is 16.8. The Morgan fingerprint density at radius 1 is 0.511 bits per heavy atom. The van der Waals surface area contributed by atoms with Crippen LogP contribution in [0.5, 0.6) is 0 Å². The molecule has 0 aromatic rings. The van der Waals surface area contributed by atoms with Crippen molar-refractivity contribution < 1.29 is 37.8 Å². The second-order valence-corrected chi connectivity index (χ2v) is 19.7. The van der Waals surface area contributed by atoms with Crippen molar-refractivity contribution in [3.8, 4) is 0 Å². The molecule has 0 radical (unpaired) electrons. The molecule has 0 bridgehead atoms. The fraction of sp³-hybridized carbons (Fsp3) is 0.906. The molecule has 9 nitrogen and oxygen atoms in total. The molecular formula is C32H62O9S3Sn. The molecule has 0 fully saturated rings. The zero-order valence-corrected chi connectivity index (χ0v) is 33.8. The molecule has 45 heavy (non-hydrogen) atoms. The Morgan fingerprint density at radius 3 is 1.16 bits per heavy atom. The van der Waals surface area contributed by atoms with Crippen LogP contribution in [0.3, 0.4) is 0 Å². The molecule has 0 heterocycles. The summed E-state index contributed by atoms with van der Waals surface area (Å²) in [6, 6.07) is 0. The molecule has 3 atom stereocenters.